The second kappa shape index (κ2) is 9.86. The van der Waals surface area contributed by atoms with Gasteiger partial charge in [0.2, 0.25) is 5.91 Å². The fraction of sp³-hybridized carbons (Fsp3) is 0.316. The number of thiophene rings is 1. The first-order valence-corrected chi connectivity index (χ1v) is 9.24. The number of ether oxygens (including phenoxy) is 3. The third kappa shape index (κ3) is 5.54. The zero-order valence-electron chi connectivity index (χ0n) is 15.8. The van der Waals surface area contributed by atoms with Crippen LogP contribution in [0.3, 0.4) is 0 Å². The lowest BCUT2D eigenvalue weighted by atomic mass is 10.0. The van der Waals surface area contributed by atoms with E-state index in [0.717, 1.165) is 11.3 Å². The first-order chi connectivity index (χ1) is 13.4. The van der Waals surface area contributed by atoms with Crippen molar-refractivity contribution in [3.05, 3.63) is 46.7 Å². The summed E-state index contributed by atoms with van der Waals surface area (Å²) in [7, 11) is 2.53. The standard InChI is InChI=1S/C19H22N2O6S/c1-19(18(24)26-3,12-27-13-7-5-4-6-8-13)20-11-15(22)21-14-9-10-28-16(14)17(23)25-2/h4-10,20H,11-12H2,1-3H3,(H,21,22). The Balaban J connectivity index is 1.99. The van der Waals surface area contributed by atoms with E-state index in [-0.39, 0.29) is 13.2 Å². The highest BCUT2D eigenvalue weighted by Gasteiger charge is 2.36. The molecular weight excluding hydrogens is 384 g/mol. The molecule has 2 aromatic rings. The van der Waals surface area contributed by atoms with Crippen LogP contribution in [0.5, 0.6) is 5.75 Å². The fourth-order valence-electron chi connectivity index (χ4n) is 2.28. The monoisotopic (exact) mass is 406 g/mol. The maximum absolute atomic E-state index is 12.3. The number of esters is 2. The number of carbonyl (C=O) groups excluding carboxylic acids is 3. The van der Waals surface area contributed by atoms with Crippen LogP contribution in [-0.2, 0) is 19.1 Å². The highest BCUT2D eigenvalue weighted by atomic mass is 32.1. The molecule has 1 heterocycles. The largest absolute Gasteiger partial charge is 0.491 e. The minimum atomic E-state index is -1.25. The molecule has 0 aliphatic rings. The van der Waals surface area contributed by atoms with Crippen molar-refractivity contribution >= 4 is 34.9 Å². The summed E-state index contributed by atoms with van der Waals surface area (Å²) in [6, 6.07) is 10.6. The van der Waals surface area contributed by atoms with Crippen molar-refractivity contribution in [3.63, 3.8) is 0 Å². The molecule has 0 saturated carbocycles. The number of hydrogen-bond acceptors (Lipinski definition) is 8. The van der Waals surface area contributed by atoms with Crippen LogP contribution >= 0.6 is 11.3 Å². The fourth-order valence-corrected chi connectivity index (χ4v) is 3.05. The number of carbonyl (C=O) groups is 3. The second-order valence-electron chi connectivity index (χ2n) is 5.98. The van der Waals surface area contributed by atoms with Crippen LogP contribution in [0.4, 0.5) is 5.69 Å². The van der Waals surface area contributed by atoms with Crippen molar-refractivity contribution in [1.29, 1.82) is 0 Å². The first kappa shape index (κ1) is 21.4. The maximum Gasteiger partial charge on any atom is 0.350 e. The summed E-state index contributed by atoms with van der Waals surface area (Å²) in [5, 5.41) is 7.16. The first-order valence-electron chi connectivity index (χ1n) is 8.36. The highest BCUT2D eigenvalue weighted by molar-refractivity contribution is 7.12. The summed E-state index contributed by atoms with van der Waals surface area (Å²) in [5.41, 5.74) is -0.897. The lowest BCUT2D eigenvalue weighted by Gasteiger charge is -2.27. The van der Waals surface area contributed by atoms with Gasteiger partial charge in [0.25, 0.3) is 0 Å². The summed E-state index contributed by atoms with van der Waals surface area (Å²) in [6.45, 7) is 1.35. The molecular formula is C19H22N2O6S. The molecule has 1 unspecified atom stereocenters. The predicted octanol–water partition coefficient (Wildman–Crippen LogP) is 2.07. The summed E-state index contributed by atoms with van der Waals surface area (Å²) < 4.78 is 15.2. The van der Waals surface area contributed by atoms with E-state index < -0.39 is 23.4 Å². The van der Waals surface area contributed by atoms with Gasteiger partial charge in [-0.2, -0.15) is 0 Å². The Morgan fingerprint density at radius 3 is 2.43 bits per heavy atom. The zero-order chi connectivity index (χ0) is 20.6. The molecule has 1 aromatic carbocycles. The van der Waals surface area contributed by atoms with Gasteiger partial charge in [-0.25, -0.2) is 9.59 Å². The molecule has 1 aromatic heterocycles. The Hall–Kier alpha value is -2.91. The number of nitrogens with one attached hydrogen (secondary N) is 2. The normalized spacial score (nSPS) is 12.5. The Kier molecular flexibility index (Phi) is 7.53. The molecule has 8 nitrogen and oxygen atoms in total. The van der Waals surface area contributed by atoms with E-state index in [1.807, 2.05) is 18.2 Å². The van der Waals surface area contributed by atoms with E-state index in [9.17, 15) is 14.4 Å². The Morgan fingerprint density at radius 2 is 1.79 bits per heavy atom. The molecule has 1 amide bonds. The van der Waals surface area contributed by atoms with Gasteiger partial charge in [0.15, 0.2) is 0 Å². The van der Waals surface area contributed by atoms with Gasteiger partial charge in [-0.1, -0.05) is 18.2 Å². The third-order valence-corrected chi connectivity index (χ3v) is 4.75. The minimum absolute atomic E-state index is 0.0389. The van der Waals surface area contributed by atoms with E-state index in [1.54, 1.807) is 30.5 Å². The highest BCUT2D eigenvalue weighted by Crippen LogP contribution is 2.23. The number of para-hydroxylation sites is 1. The van der Waals surface area contributed by atoms with E-state index in [4.69, 9.17) is 9.47 Å². The lowest BCUT2D eigenvalue weighted by Crippen LogP contribution is -2.56. The second-order valence-corrected chi connectivity index (χ2v) is 6.90. The number of amides is 1. The molecule has 0 saturated heterocycles. The van der Waals surface area contributed by atoms with E-state index >= 15 is 0 Å². The van der Waals surface area contributed by atoms with Gasteiger partial charge in [-0.15, -0.1) is 11.3 Å². The molecule has 0 radical (unpaired) electrons. The van der Waals surface area contributed by atoms with Crippen molar-refractivity contribution in [3.8, 4) is 5.75 Å². The molecule has 9 heteroatoms. The summed E-state index contributed by atoms with van der Waals surface area (Å²) >= 11 is 1.16. The van der Waals surface area contributed by atoms with Crippen molar-refractivity contribution in [2.75, 3.05) is 32.7 Å². The molecule has 2 rings (SSSR count). The summed E-state index contributed by atoms with van der Waals surface area (Å²) in [6.07, 6.45) is 0. The summed E-state index contributed by atoms with van der Waals surface area (Å²) in [4.78, 5) is 36.5. The average molecular weight is 406 g/mol. The Bertz CT molecular complexity index is 823. The minimum Gasteiger partial charge on any atom is -0.491 e. The van der Waals surface area contributed by atoms with Gasteiger partial charge in [0.05, 0.1) is 26.5 Å². The van der Waals surface area contributed by atoms with Crippen LogP contribution in [0.1, 0.15) is 16.6 Å². The topological polar surface area (TPSA) is 103 Å². The molecule has 28 heavy (non-hydrogen) atoms. The molecule has 0 bridgehead atoms. The van der Waals surface area contributed by atoms with Crippen LogP contribution in [-0.4, -0.2) is 50.8 Å². The zero-order valence-corrected chi connectivity index (χ0v) is 16.6. The lowest BCUT2D eigenvalue weighted by molar-refractivity contribution is -0.149. The van der Waals surface area contributed by atoms with Crippen LogP contribution in [0.15, 0.2) is 41.8 Å². The number of methoxy groups -OCH3 is 2. The number of benzene rings is 1. The SMILES string of the molecule is COC(=O)c1sccc1NC(=O)CNC(C)(COc1ccccc1)C(=O)OC. The van der Waals surface area contributed by atoms with Crippen molar-refractivity contribution in [2.45, 2.75) is 12.5 Å². The number of rotatable bonds is 9. The molecule has 2 N–H and O–H groups in total. The van der Waals surface area contributed by atoms with Gasteiger partial charge in [0, 0.05) is 0 Å². The molecule has 1 atom stereocenters. The number of hydrogen-bond donors (Lipinski definition) is 2. The third-order valence-electron chi connectivity index (χ3n) is 3.86. The summed E-state index contributed by atoms with van der Waals surface area (Å²) in [5.74, 6) is -0.945. The van der Waals surface area contributed by atoms with Gasteiger partial charge in [-0.3, -0.25) is 10.1 Å². The predicted molar refractivity (Wildman–Crippen MR) is 105 cm³/mol. The van der Waals surface area contributed by atoms with E-state index in [1.165, 1.54) is 14.2 Å². The van der Waals surface area contributed by atoms with Gasteiger partial charge in [-0.05, 0) is 30.5 Å². The Morgan fingerprint density at radius 1 is 1.07 bits per heavy atom. The van der Waals surface area contributed by atoms with Crippen LogP contribution in [0.2, 0.25) is 0 Å². The smallest absolute Gasteiger partial charge is 0.350 e. The van der Waals surface area contributed by atoms with E-state index in [2.05, 4.69) is 15.4 Å². The van der Waals surface area contributed by atoms with Gasteiger partial charge >= 0.3 is 11.9 Å². The average Bonchev–Trinajstić information content (AvgIpc) is 3.18. The quantitative estimate of drug-likeness (QED) is 0.615. The molecule has 0 aliphatic heterocycles. The maximum atomic E-state index is 12.3. The van der Waals surface area contributed by atoms with Crippen LogP contribution < -0.4 is 15.4 Å². The van der Waals surface area contributed by atoms with Crippen molar-refractivity contribution < 1.29 is 28.6 Å². The molecule has 0 spiro atoms. The molecule has 0 aliphatic carbocycles. The van der Waals surface area contributed by atoms with Crippen molar-refractivity contribution in [1.82, 2.24) is 5.32 Å². The van der Waals surface area contributed by atoms with E-state index in [0.29, 0.717) is 16.3 Å². The number of anilines is 1. The van der Waals surface area contributed by atoms with Gasteiger partial charge < -0.3 is 19.5 Å². The Labute approximate surface area is 166 Å². The van der Waals surface area contributed by atoms with Gasteiger partial charge in [0.1, 0.15) is 22.8 Å². The van der Waals surface area contributed by atoms with Crippen molar-refractivity contribution in [2.24, 2.45) is 0 Å². The van der Waals surface area contributed by atoms with Crippen LogP contribution in [0.25, 0.3) is 0 Å². The van der Waals surface area contributed by atoms with Crippen LogP contribution in [0, 0.1) is 0 Å². The molecule has 150 valence electrons. The molecule has 0 fully saturated rings.